The summed E-state index contributed by atoms with van der Waals surface area (Å²) < 4.78 is 0. The zero-order chi connectivity index (χ0) is 24.6. The van der Waals surface area contributed by atoms with Crippen molar-refractivity contribution in [1.82, 2.24) is 5.32 Å². The Bertz CT molecular complexity index is 534. The van der Waals surface area contributed by atoms with Crippen LogP contribution in [0.4, 0.5) is 0 Å². The fourth-order valence-electron chi connectivity index (χ4n) is 3.87. The third-order valence-corrected chi connectivity index (χ3v) is 5.98. The lowest BCUT2D eigenvalue weighted by Gasteiger charge is -2.13. The van der Waals surface area contributed by atoms with Gasteiger partial charge in [0.1, 0.15) is 6.04 Å². The first-order valence-corrected chi connectivity index (χ1v) is 13.4. The van der Waals surface area contributed by atoms with E-state index >= 15 is 0 Å². The zero-order valence-corrected chi connectivity index (χ0v) is 21.1. The highest BCUT2D eigenvalue weighted by atomic mass is 16.4. The second-order valence-electron chi connectivity index (χ2n) is 9.21. The Morgan fingerprint density at radius 2 is 1.18 bits per heavy atom. The molecule has 0 saturated carbocycles. The number of nitrogens with two attached hydrogens (primary N) is 1. The van der Waals surface area contributed by atoms with Gasteiger partial charge in [0.05, 0.1) is 0 Å². The molecule has 0 aromatic carbocycles. The second kappa shape index (κ2) is 23.3. The summed E-state index contributed by atoms with van der Waals surface area (Å²) in [4.78, 5) is 33.8. The summed E-state index contributed by atoms with van der Waals surface area (Å²) in [5, 5.41) is 11.6. The molecule has 0 aromatic rings. The van der Waals surface area contributed by atoms with Crippen molar-refractivity contribution in [1.29, 1.82) is 0 Å². The van der Waals surface area contributed by atoms with Gasteiger partial charge in [0.2, 0.25) is 11.8 Å². The van der Waals surface area contributed by atoms with Crippen LogP contribution in [0.2, 0.25) is 0 Å². The number of unbranched alkanes of at least 4 members (excludes halogenated alkanes) is 15. The zero-order valence-electron chi connectivity index (χ0n) is 21.1. The molecule has 1 atom stereocenters. The molecule has 0 unspecified atom stereocenters. The van der Waals surface area contributed by atoms with Crippen molar-refractivity contribution < 1.29 is 19.5 Å². The van der Waals surface area contributed by atoms with Gasteiger partial charge in [-0.1, -0.05) is 96.1 Å². The summed E-state index contributed by atoms with van der Waals surface area (Å²) in [6, 6.07) is -1.04. The van der Waals surface area contributed by atoms with Crippen LogP contribution >= 0.6 is 0 Å². The number of rotatable bonds is 24. The highest BCUT2D eigenvalue weighted by molar-refractivity contribution is 5.84. The topological polar surface area (TPSA) is 109 Å². The minimum atomic E-state index is -1.13. The van der Waals surface area contributed by atoms with Gasteiger partial charge in [-0.3, -0.25) is 9.59 Å². The van der Waals surface area contributed by atoms with E-state index in [1.54, 1.807) is 0 Å². The number of aliphatic carboxylic acids is 1. The Morgan fingerprint density at radius 1 is 0.727 bits per heavy atom. The maximum Gasteiger partial charge on any atom is 0.326 e. The molecule has 0 bridgehead atoms. The second-order valence-corrected chi connectivity index (χ2v) is 9.21. The van der Waals surface area contributed by atoms with Crippen molar-refractivity contribution in [3.05, 3.63) is 12.2 Å². The molecule has 0 heterocycles. The van der Waals surface area contributed by atoms with Gasteiger partial charge in [0, 0.05) is 12.8 Å². The molecular weight excluding hydrogens is 416 g/mol. The van der Waals surface area contributed by atoms with Gasteiger partial charge < -0.3 is 16.2 Å². The lowest BCUT2D eigenvalue weighted by Crippen LogP contribution is -2.41. The molecule has 0 aromatic heterocycles. The number of primary amides is 1. The molecule has 0 aliphatic carbocycles. The molecule has 192 valence electrons. The van der Waals surface area contributed by atoms with Gasteiger partial charge in [-0.25, -0.2) is 4.79 Å². The third-order valence-electron chi connectivity index (χ3n) is 5.98. The van der Waals surface area contributed by atoms with Crippen molar-refractivity contribution >= 4 is 17.8 Å². The molecule has 6 heteroatoms. The molecule has 0 aliphatic heterocycles. The molecule has 0 aliphatic rings. The lowest BCUT2D eigenvalue weighted by molar-refractivity contribution is -0.142. The number of amides is 2. The number of carboxylic acid groups (broad SMARTS) is 1. The summed E-state index contributed by atoms with van der Waals surface area (Å²) in [5.74, 6) is -1.97. The maximum atomic E-state index is 11.9. The van der Waals surface area contributed by atoms with E-state index in [4.69, 9.17) is 10.8 Å². The summed E-state index contributed by atoms with van der Waals surface area (Å²) in [6.45, 7) is 2.26. The Balaban J connectivity index is 3.45. The summed E-state index contributed by atoms with van der Waals surface area (Å²) in [5.41, 5.74) is 5.04. The van der Waals surface area contributed by atoms with E-state index in [0.29, 0.717) is 6.42 Å². The molecule has 0 spiro atoms. The van der Waals surface area contributed by atoms with Crippen LogP contribution in [0.3, 0.4) is 0 Å². The van der Waals surface area contributed by atoms with Crippen LogP contribution in [0, 0.1) is 0 Å². The Labute approximate surface area is 202 Å². The minimum absolute atomic E-state index is 0.0325. The normalized spacial score (nSPS) is 12.2. The fraction of sp³-hybridized carbons (Fsp3) is 0.815. The average molecular weight is 467 g/mol. The van der Waals surface area contributed by atoms with Crippen LogP contribution in [0.1, 0.15) is 135 Å². The van der Waals surface area contributed by atoms with Crippen molar-refractivity contribution in [2.75, 3.05) is 0 Å². The van der Waals surface area contributed by atoms with Gasteiger partial charge in [-0.2, -0.15) is 0 Å². The number of allylic oxidation sites excluding steroid dienone is 2. The first kappa shape index (κ1) is 31.1. The molecule has 0 rings (SSSR count). The lowest BCUT2D eigenvalue weighted by atomic mass is 10.1. The predicted molar refractivity (Wildman–Crippen MR) is 136 cm³/mol. The summed E-state index contributed by atoms with van der Waals surface area (Å²) in [7, 11) is 0. The van der Waals surface area contributed by atoms with E-state index in [1.807, 2.05) is 0 Å². The Kier molecular flexibility index (Phi) is 22.0. The van der Waals surface area contributed by atoms with E-state index < -0.39 is 17.9 Å². The van der Waals surface area contributed by atoms with Crippen LogP contribution in [0.25, 0.3) is 0 Å². The number of nitrogens with one attached hydrogen (secondary N) is 1. The smallest absolute Gasteiger partial charge is 0.326 e. The maximum absolute atomic E-state index is 11.9. The van der Waals surface area contributed by atoms with Crippen LogP contribution in [0.5, 0.6) is 0 Å². The molecule has 6 nitrogen and oxygen atoms in total. The fourth-order valence-corrected chi connectivity index (χ4v) is 3.87. The SMILES string of the molecule is CCCCCCCCCC/C=C\CCCCCCCCCC(=O)N[C@@H](CCC(N)=O)C(=O)O. The monoisotopic (exact) mass is 466 g/mol. The number of hydrogen-bond donors (Lipinski definition) is 3. The van der Waals surface area contributed by atoms with E-state index in [-0.39, 0.29) is 18.7 Å². The Hall–Kier alpha value is -1.85. The van der Waals surface area contributed by atoms with E-state index in [2.05, 4.69) is 24.4 Å². The summed E-state index contributed by atoms with van der Waals surface area (Å²) in [6.07, 6.45) is 26.2. The molecule has 0 radical (unpaired) electrons. The highest BCUT2D eigenvalue weighted by Crippen LogP contribution is 2.12. The van der Waals surface area contributed by atoms with Crippen LogP contribution in [-0.4, -0.2) is 28.9 Å². The minimum Gasteiger partial charge on any atom is -0.480 e. The molecule has 2 amide bonds. The first-order chi connectivity index (χ1) is 16.0. The largest absolute Gasteiger partial charge is 0.480 e. The molecule has 33 heavy (non-hydrogen) atoms. The van der Waals surface area contributed by atoms with Gasteiger partial charge in [-0.05, 0) is 38.5 Å². The van der Waals surface area contributed by atoms with Crippen molar-refractivity contribution in [2.45, 2.75) is 141 Å². The van der Waals surface area contributed by atoms with Gasteiger partial charge in [0.25, 0.3) is 0 Å². The highest BCUT2D eigenvalue weighted by Gasteiger charge is 2.20. The molecular formula is C27H50N2O4. The van der Waals surface area contributed by atoms with Crippen LogP contribution in [-0.2, 0) is 14.4 Å². The third kappa shape index (κ3) is 23.1. The number of carbonyl (C=O) groups is 3. The molecule has 0 fully saturated rings. The first-order valence-electron chi connectivity index (χ1n) is 13.4. The van der Waals surface area contributed by atoms with Gasteiger partial charge in [-0.15, -0.1) is 0 Å². The van der Waals surface area contributed by atoms with Crippen molar-refractivity contribution in [2.24, 2.45) is 5.73 Å². The van der Waals surface area contributed by atoms with E-state index in [0.717, 1.165) is 19.3 Å². The standard InChI is InChI=1S/C27H50N2O4/c1-2-3-4-5-6-7-8-9-10-11-12-13-14-15-16-17-18-19-20-21-26(31)29-24(27(32)33)22-23-25(28)30/h11-12,24H,2-10,13-23H2,1H3,(H2,28,30)(H,29,31)(H,32,33)/b12-11-/t24-/m0/s1. The van der Waals surface area contributed by atoms with E-state index in [1.165, 1.54) is 89.9 Å². The number of carboxylic acids is 1. The van der Waals surface area contributed by atoms with Crippen LogP contribution < -0.4 is 11.1 Å². The number of hydrogen-bond acceptors (Lipinski definition) is 3. The Morgan fingerprint density at radius 3 is 1.64 bits per heavy atom. The van der Waals surface area contributed by atoms with Gasteiger partial charge >= 0.3 is 5.97 Å². The predicted octanol–water partition coefficient (Wildman–Crippen LogP) is 6.42. The average Bonchev–Trinajstić information content (AvgIpc) is 2.77. The molecule has 4 N–H and O–H groups in total. The summed E-state index contributed by atoms with van der Waals surface area (Å²) >= 11 is 0. The van der Waals surface area contributed by atoms with E-state index in [9.17, 15) is 14.4 Å². The van der Waals surface area contributed by atoms with Crippen molar-refractivity contribution in [3.8, 4) is 0 Å². The van der Waals surface area contributed by atoms with Crippen molar-refractivity contribution in [3.63, 3.8) is 0 Å². The molecule has 0 saturated heterocycles. The van der Waals surface area contributed by atoms with Crippen LogP contribution in [0.15, 0.2) is 12.2 Å². The van der Waals surface area contributed by atoms with Gasteiger partial charge in [0.15, 0.2) is 0 Å². The number of carbonyl (C=O) groups excluding carboxylic acids is 2. The quantitative estimate of drug-likeness (QED) is 0.113.